The van der Waals surface area contributed by atoms with Crippen molar-refractivity contribution >= 4 is 17.7 Å². The van der Waals surface area contributed by atoms with E-state index in [0.29, 0.717) is 19.6 Å². The highest BCUT2D eigenvalue weighted by atomic mass is 16.3. The molecule has 4 N–H and O–H groups in total. The summed E-state index contributed by atoms with van der Waals surface area (Å²) in [5.74, 6) is -0.677. The van der Waals surface area contributed by atoms with Gasteiger partial charge in [-0.1, -0.05) is 30.3 Å². The number of aliphatic hydroxyl groups is 1. The summed E-state index contributed by atoms with van der Waals surface area (Å²) in [5.41, 5.74) is 1.15. The van der Waals surface area contributed by atoms with Gasteiger partial charge in [0, 0.05) is 25.7 Å². The summed E-state index contributed by atoms with van der Waals surface area (Å²) >= 11 is 0. The Balaban J connectivity index is 2.09. The minimum atomic E-state index is -1.02. The third-order valence-electron chi connectivity index (χ3n) is 5.69. The van der Waals surface area contributed by atoms with Crippen molar-refractivity contribution in [3.05, 3.63) is 35.9 Å². The first-order valence-corrected chi connectivity index (χ1v) is 11.3. The van der Waals surface area contributed by atoms with E-state index in [1.807, 2.05) is 30.3 Å². The van der Waals surface area contributed by atoms with E-state index in [9.17, 15) is 19.5 Å². The summed E-state index contributed by atoms with van der Waals surface area (Å²) in [7, 11) is 3.38. The maximum atomic E-state index is 13.2. The largest absolute Gasteiger partial charge is 0.391 e. The van der Waals surface area contributed by atoms with Gasteiger partial charge in [0.1, 0.15) is 6.04 Å². The van der Waals surface area contributed by atoms with Crippen LogP contribution in [0.5, 0.6) is 0 Å². The van der Waals surface area contributed by atoms with Gasteiger partial charge in [-0.05, 0) is 45.8 Å². The minimum absolute atomic E-state index is 0.0165. The van der Waals surface area contributed by atoms with Crippen molar-refractivity contribution in [2.45, 2.75) is 44.4 Å². The van der Waals surface area contributed by atoms with Crippen molar-refractivity contribution in [3.8, 4) is 0 Å². The van der Waals surface area contributed by atoms with Gasteiger partial charge in [-0.2, -0.15) is 0 Å². The van der Waals surface area contributed by atoms with Crippen LogP contribution in [0, 0.1) is 0 Å². The smallest absolute Gasteiger partial charge is 0.248 e. The Labute approximate surface area is 190 Å². The monoisotopic (exact) mass is 447 g/mol. The van der Waals surface area contributed by atoms with Crippen molar-refractivity contribution in [2.75, 3.05) is 46.8 Å². The molecule has 0 spiro atoms. The van der Waals surface area contributed by atoms with Crippen molar-refractivity contribution in [1.29, 1.82) is 0 Å². The Morgan fingerprint density at radius 2 is 1.84 bits per heavy atom. The molecule has 3 atom stereocenters. The molecule has 1 aliphatic rings. The van der Waals surface area contributed by atoms with Gasteiger partial charge in [0.15, 0.2) is 0 Å². The lowest BCUT2D eigenvalue weighted by Gasteiger charge is -2.34. The molecule has 2 rings (SSSR count). The number of amides is 3. The van der Waals surface area contributed by atoms with Gasteiger partial charge in [0.05, 0.1) is 19.2 Å². The molecule has 0 bridgehead atoms. The van der Waals surface area contributed by atoms with Crippen LogP contribution in [0.3, 0.4) is 0 Å². The van der Waals surface area contributed by atoms with Crippen molar-refractivity contribution in [3.63, 3.8) is 0 Å². The fraction of sp³-hybridized carbons (Fsp3) is 0.609. The molecule has 1 saturated heterocycles. The summed E-state index contributed by atoms with van der Waals surface area (Å²) in [6, 6.07) is 8.82. The Bertz CT molecular complexity index is 743. The second-order valence-corrected chi connectivity index (χ2v) is 8.25. The van der Waals surface area contributed by atoms with E-state index >= 15 is 0 Å². The number of carbonyl (C=O) groups excluding carboxylic acids is 3. The molecule has 1 aliphatic heterocycles. The van der Waals surface area contributed by atoms with Crippen molar-refractivity contribution < 1.29 is 19.5 Å². The molecule has 1 aromatic rings. The van der Waals surface area contributed by atoms with Crippen LogP contribution in [-0.2, 0) is 20.8 Å². The highest BCUT2D eigenvalue weighted by Gasteiger charge is 2.37. The number of hydrogen-bond donors (Lipinski definition) is 4. The number of likely N-dealkylation sites (N-methyl/N-ethyl adjacent to an activating group) is 2. The summed E-state index contributed by atoms with van der Waals surface area (Å²) in [6.45, 7) is 3.31. The predicted molar refractivity (Wildman–Crippen MR) is 123 cm³/mol. The van der Waals surface area contributed by atoms with E-state index in [1.54, 1.807) is 23.9 Å². The third kappa shape index (κ3) is 7.58. The number of aliphatic hydroxyl groups excluding tert-OH is 1. The maximum absolute atomic E-state index is 13.2. The molecule has 9 nitrogen and oxygen atoms in total. The number of carbonyl (C=O) groups is 3. The van der Waals surface area contributed by atoms with Crippen LogP contribution in [-0.4, -0.2) is 97.6 Å². The molecular weight excluding hydrogens is 410 g/mol. The van der Waals surface area contributed by atoms with Crippen LogP contribution in [0.4, 0.5) is 0 Å². The van der Waals surface area contributed by atoms with E-state index < -0.39 is 12.1 Å². The van der Waals surface area contributed by atoms with Gasteiger partial charge in [-0.15, -0.1) is 0 Å². The molecular formula is C23H37N5O4. The Kier molecular flexibility index (Phi) is 10.6. The van der Waals surface area contributed by atoms with Gasteiger partial charge in [-0.3, -0.25) is 14.4 Å². The van der Waals surface area contributed by atoms with Gasteiger partial charge in [-0.25, -0.2) is 0 Å². The van der Waals surface area contributed by atoms with E-state index in [1.165, 1.54) is 6.92 Å². The zero-order valence-electron chi connectivity index (χ0n) is 19.3. The van der Waals surface area contributed by atoms with Crippen LogP contribution >= 0.6 is 0 Å². The Morgan fingerprint density at radius 1 is 1.16 bits per heavy atom. The second-order valence-electron chi connectivity index (χ2n) is 8.25. The minimum Gasteiger partial charge on any atom is -0.391 e. The maximum Gasteiger partial charge on any atom is 0.248 e. The van der Waals surface area contributed by atoms with Gasteiger partial charge < -0.3 is 30.9 Å². The average Bonchev–Trinajstić information content (AvgIpc) is 3.23. The van der Waals surface area contributed by atoms with Crippen LogP contribution < -0.4 is 16.0 Å². The molecule has 1 fully saturated rings. The number of hydrogen-bond acceptors (Lipinski definition) is 6. The molecule has 32 heavy (non-hydrogen) atoms. The van der Waals surface area contributed by atoms with E-state index in [0.717, 1.165) is 24.8 Å². The summed E-state index contributed by atoms with van der Waals surface area (Å²) in [6.07, 6.45) is 1.30. The molecule has 0 radical (unpaired) electrons. The topological polar surface area (TPSA) is 114 Å². The summed E-state index contributed by atoms with van der Waals surface area (Å²) in [5, 5.41) is 18.4. The fourth-order valence-corrected chi connectivity index (χ4v) is 4.01. The van der Waals surface area contributed by atoms with E-state index in [4.69, 9.17) is 0 Å². The lowest BCUT2D eigenvalue weighted by Crippen LogP contribution is -2.57. The van der Waals surface area contributed by atoms with Crippen molar-refractivity contribution in [1.82, 2.24) is 25.8 Å². The van der Waals surface area contributed by atoms with Crippen molar-refractivity contribution in [2.24, 2.45) is 0 Å². The van der Waals surface area contributed by atoms with E-state index in [2.05, 4.69) is 16.0 Å². The van der Waals surface area contributed by atoms with Gasteiger partial charge in [0.2, 0.25) is 17.7 Å². The summed E-state index contributed by atoms with van der Waals surface area (Å²) in [4.78, 5) is 41.5. The van der Waals surface area contributed by atoms with E-state index in [-0.39, 0.29) is 36.9 Å². The number of nitrogens with one attached hydrogen (secondary N) is 3. The standard InChI is InChI=1S/C23H37N5O4/c1-17(29)22(26-20(30)14-24-2)23(32)28-12-7-10-19(28)16-27(21(31)15-25-3)13-11-18-8-5-4-6-9-18/h4-6,8-9,17,19,22,24-25,29H,7,10-16H2,1-3H3,(H,26,30). The average molecular weight is 448 g/mol. The van der Waals surface area contributed by atoms with Crippen LogP contribution in [0.1, 0.15) is 25.3 Å². The summed E-state index contributed by atoms with van der Waals surface area (Å²) < 4.78 is 0. The fourth-order valence-electron chi connectivity index (χ4n) is 4.01. The molecule has 3 amide bonds. The lowest BCUT2D eigenvalue weighted by molar-refractivity contribution is -0.141. The lowest BCUT2D eigenvalue weighted by atomic mass is 10.1. The molecule has 1 heterocycles. The molecule has 178 valence electrons. The molecule has 1 aromatic carbocycles. The Hall–Kier alpha value is -2.49. The number of rotatable bonds is 12. The number of benzene rings is 1. The number of nitrogens with zero attached hydrogens (tertiary/aromatic N) is 2. The molecule has 0 aromatic heterocycles. The first-order valence-electron chi connectivity index (χ1n) is 11.3. The quantitative estimate of drug-likeness (QED) is 0.339. The van der Waals surface area contributed by atoms with Crippen LogP contribution in [0.2, 0.25) is 0 Å². The zero-order chi connectivity index (χ0) is 23.5. The number of likely N-dealkylation sites (tertiary alicyclic amines) is 1. The third-order valence-corrected chi connectivity index (χ3v) is 5.69. The van der Waals surface area contributed by atoms with Gasteiger partial charge in [0.25, 0.3) is 0 Å². The Morgan fingerprint density at radius 3 is 2.47 bits per heavy atom. The molecule has 0 saturated carbocycles. The predicted octanol–water partition coefficient (Wildman–Crippen LogP) is -0.647. The highest BCUT2D eigenvalue weighted by Crippen LogP contribution is 2.20. The zero-order valence-corrected chi connectivity index (χ0v) is 19.3. The highest BCUT2D eigenvalue weighted by molar-refractivity contribution is 5.89. The molecule has 9 heteroatoms. The van der Waals surface area contributed by atoms with Crippen LogP contribution in [0.15, 0.2) is 30.3 Å². The second kappa shape index (κ2) is 13.1. The molecule has 0 aliphatic carbocycles. The van der Waals surface area contributed by atoms with Gasteiger partial charge >= 0.3 is 0 Å². The SMILES string of the molecule is CNCC(=O)NC(C(=O)N1CCCC1CN(CCc1ccccc1)C(=O)CNC)C(C)O. The normalized spacial score (nSPS) is 17.6. The first-order chi connectivity index (χ1) is 15.4. The first kappa shape index (κ1) is 25.8. The van der Waals surface area contributed by atoms with Crippen LogP contribution in [0.25, 0.3) is 0 Å². The molecule has 3 unspecified atom stereocenters.